The molecular weight excluding hydrogens is 327 g/mol. The molecule has 0 radical (unpaired) electrons. The van der Waals surface area contributed by atoms with Crippen molar-refractivity contribution < 1.29 is 27.5 Å². The highest BCUT2D eigenvalue weighted by molar-refractivity contribution is 5.96. The molecule has 1 amide bonds. The number of halogens is 3. The Balaban J connectivity index is 2.03. The average molecular weight is 339 g/mol. The number of hydrogen-bond donors (Lipinski definition) is 1. The molecule has 2 rings (SSSR count). The maximum absolute atomic E-state index is 13.5. The largest absolute Gasteiger partial charge is 0.448 e. The fourth-order valence-electron chi connectivity index (χ4n) is 1.63. The summed E-state index contributed by atoms with van der Waals surface area (Å²) in [7, 11) is 0. The Morgan fingerprint density at radius 2 is 1.83 bits per heavy atom. The van der Waals surface area contributed by atoms with Gasteiger partial charge < -0.3 is 10.1 Å². The summed E-state index contributed by atoms with van der Waals surface area (Å²) in [6.45, 7) is 2.90. The number of ether oxygens (including phenoxy) is 1. The molecule has 0 saturated heterocycles. The summed E-state index contributed by atoms with van der Waals surface area (Å²) in [5, 5.41) is 2.01. The van der Waals surface area contributed by atoms with Gasteiger partial charge in [-0.25, -0.2) is 22.9 Å². The van der Waals surface area contributed by atoms with Gasteiger partial charge in [0, 0.05) is 6.20 Å². The van der Waals surface area contributed by atoms with Crippen LogP contribution in [0.4, 0.5) is 18.9 Å². The van der Waals surface area contributed by atoms with Crippen molar-refractivity contribution in [1.82, 2.24) is 9.97 Å². The summed E-state index contributed by atoms with van der Waals surface area (Å²) in [6.07, 6.45) is 1.20. The second-order valence-corrected chi connectivity index (χ2v) is 4.80. The molecule has 1 heterocycles. The number of rotatable bonds is 4. The van der Waals surface area contributed by atoms with E-state index >= 15 is 0 Å². The van der Waals surface area contributed by atoms with Gasteiger partial charge in [0.1, 0.15) is 0 Å². The number of aryl methyl sites for hydroxylation is 1. The number of amides is 1. The standard InChI is InChI=1S/C15H12F3N3O3/c1-7-5-20-11(6-19-7)15(23)24-8(2)14(22)21-10-4-3-9(16)12(17)13(10)18/h3-6,8H,1-2H3,(H,21,22)/t8-/m1/s1. The molecule has 1 atom stereocenters. The first kappa shape index (κ1) is 17.4. The van der Waals surface area contributed by atoms with Gasteiger partial charge in [-0.1, -0.05) is 0 Å². The lowest BCUT2D eigenvalue weighted by atomic mass is 10.2. The molecule has 9 heteroatoms. The molecule has 2 aromatic rings. The van der Waals surface area contributed by atoms with E-state index in [1.54, 1.807) is 6.92 Å². The van der Waals surface area contributed by atoms with E-state index in [-0.39, 0.29) is 5.69 Å². The molecular formula is C15H12F3N3O3. The first-order chi connectivity index (χ1) is 11.3. The van der Waals surface area contributed by atoms with Gasteiger partial charge >= 0.3 is 5.97 Å². The number of aromatic nitrogens is 2. The van der Waals surface area contributed by atoms with Crippen molar-refractivity contribution in [2.45, 2.75) is 20.0 Å². The van der Waals surface area contributed by atoms with Gasteiger partial charge in [-0.15, -0.1) is 0 Å². The zero-order valence-corrected chi connectivity index (χ0v) is 12.6. The van der Waals surface area contributed by atoms with Crippen LogP contribution in [0.2, 0.25) is 0 Å². The number of carbonyl (C=O) groups excluding carboxylic acids is 2. The average Bonchev–Trinajstić information content (AvgIpc) is 2.55. The lowest BCUT2D eigenvalue weighted by molar-refractivity contribution is -0.123. The number of nitrogens with zero attached hydrogens (tertiary/aromatic N) is 2. The van der Waals surface area contributed by atoms with Gasteiger partial charge in [0.05, 0.1) is 17.6 Å². The molecule has 0 unspecified atom stereocenters. The second kappa shape index (κ2) is 7.07. The Hall–Kier alpha value is -2.97. The Bertz CT molecular complexity index is 782. The Kier molecular flexibility index (Phi) is 5.12. The Morgan fingerprint density at radius 1 is 1.12 bits per heavy atom. The third-order valence-electron chi connectivity index (χ3n) is 2.94. The lowest BCUT2D eigenvalue weighted by Crippen LogP contribution is -2.30. The van der Waals surface area contributed by atoms with Crippen molar-refractivity contribution in [2.24, 2.45) is 0 Å². The number of anilines is 1. The molecule has 1 N–H and O–H groups in total. The third-order valence-corrected chi connectivity index (χ3v) is 2.94. The van der Waals surface area contributed by atoms with Crippen LogP contribution in [0.3, 0.4) is 0 Å². The van der Waals surface area contributed by atoms with Gasteiger partial charge in [0.15, 0.2) is 29.2 Å². The highest BCUT2D eigenvalue weighted by atomic mass is 19.2. The van der Waals surface area contributed by atoms with E-state index in [4.69, 9.17) is 4.74 Å². The minimum Gasteiger partial charge on any atom is -0.448 e. The van der Waals surface area contributed by atoms with E-state index < -0.39 is 41.1 Å². The molecule has 0 aliphatic rings. The van der Waals surface area contributed by atoms with E-state index in [9.17, 15) is 22.8 Å². The molecule has 0 fully saturated rings. The van der Waals surface area contributed by atoms with Crippen LogP contribution in [0.1, 0.15) is 23.1 Å². The van der Waals surface area contributed by atoms with E-state index in [0.29, 0.717) is 11.8 Å². The number of hydrogen-bond acceptors (Lipinski definition) is 5. The number of benzene rings is 1. The highest BCUT2D eigenvalue weighted by Crippen LogP contribution is 2.20. The van der Waals surface area contributed by atoms with E-state index in [1.807, 2.05) is 5.32 Å². The smallest absolute Gasteiger partial charge is 0.359 e. The van der Waals surface area contributed by atoms with Gasteiger partial charge in [0.2, 0.25) is 0 Å². The molecule has 1 aromatic carbocycles. The summed E-state index contributed by atoms with van der Waals surface area (Å²) in [6, 6.07) is 1.51. The SMILES string of the molecule is Cc1cnc(C(=O)O[C@H](C)C(=O)Nc2ccc(F)c(F)c2F)cn1. The van der Waals surface area contributed by atoms with Gasteiger partial charge in [-0.05, 0) is 26.0 Å². The molecule has 1 aromatic heterocycles. The quantitative estimate of drug-likeness (QED) is 0.683. The maximum Gasteiger partial charge on any atom is 0.359 e. The summed E-state index contributed by atoms with van der Waals surface area (Å²) in [5.41, 5.74) is -0.0951. The summed E-state index contributed by atoms with van der Waals surface area (Å²) < 4.78 is 44.3. The van der Waals surface area contributed by atoms with Crippen molar-refractivity contribution in [3.05, 3.63) is 53.4 Å². The monoisotopic (exact) mass is 339 g/mol. The van der Waals surface area contributed by atoms with E-state index in [1.165, 1.54) is 19.3 Å². The molecule has 126 valence electrons. The zero-order chi connectivity index (χ0) is 17.9. The van der Waals surface area contributed by atoms with Crippen molar-refractivity contribution in [2.75, 3.05) is 5.32 Å². The number of carbonyl (C=O) groups is 2. The predicted octanol–water partition coefficient (Wildman–Crippen LogP) is 2.39. The van der Waals surface area contributed by atoms with Crippen LogP contribution in [-0.4, -0.2) is 27.9 Å². The number of nitrogens with one attached hydrogen (secondary N) is 1. The molecule has 24 heavy (non-hydrogen) atoms. The van der Waals surface area contributed by atoms with Gasteiger partial charge in [-0.2, -0.15) is 0 Å². The minimum atomic E-state index is -1.72. The second-order valence-electron chi connectivity index (χ2n) is 4.80. The summed E-state index contributed by atoms with van der Waals surface area (Å²) in [4.78, 5) is 31.3. The Labute approximate surface area is 134 Å². The first-order valence-electron chi connectivity index (χ1n) is 6.73. The van der Waals surface area contributed by atoms with Crippen LogP contribution in [0.5, 0.6) is 0 Å². The van der Waals surface area contributed by atoms with Crippen molar-refractivity contribution in [3.63, 3.8) is 0 Å². The van der Waals surface area contributed by atoms with E-state index in [0.717, 1.165) is 6.07 Å². The maximum atomic E-state index is 13.5. The van der Waals surface area contributed by atoms with Crippen molar-refractivity contribution in [1.29, 1.82) is 0 Å². The molecule has 6 nitrogen and oxygen atoms in total. The molecule has 0 aliphatic heterocycles. The van der Waals surface area contributed by atoms with Crippen LogP contribution >= 0.6 is 0 Å². The summed E-state index contributed by atoms with van der Waals surface area (Å²) in [5.74, 6) is -6.48. The molecule has 0 bridgehead atoms. The van der Waals surface area contributed by atoms with Crippen LogP contribution < -0.4 is 5.32 Å². The minimum absolute atomic E-state index is 0.112. The molecule has 0 aliphatic carbocycles. The van der Waals surface area contributed by atoms with Crippen LogP contribution in [-0.2, 0) is 9.53 Å². The fraction of sp³-hybridized carbons (Fsp3) is 0.200. The predicted molar refractivity (Wildman–Crippen MR) is 76.6 cm³/mol. The lowest BCUT2D eigenvalue weighted by Gasteiger charge is -2.13. The Morgan fingerprint density at radius 3 is 2.46 bits per heavy atom. The van der Waals surface area contributed by atoms with Gasteiger partial charge in [-0.3, -0.25) is 9.78 Å². The van der Waals surface area contributed by atoms with Gasteiger partial charge in [0.25, 0.3) is 5.91 Å². The molecule has 0 spiro atoms. The van der Waals surface area contributed by atoms with Crippen molar-refractivity contribution in [3.8, 4) is 0 Å². The van der Waals surface area contributed by atoms with Crippen molar-refractivity contribution >= 4 is 17.6 Å². The van der Waals surface area contributed by atoms with E-state index in [2.05, 4.69) is 9.97 Å². The van der Waals surface area contributed by atoms with Crippen LogP contribution in [0.25, 0.3) is 0 Å². The fourth-order valence-corrected chi connectivity index (χ4v) is 1.63. The van der Waals surface area contributed by atoms with Crippen LogP contribution in [0.15, 0.2) is 24.5 Å². The third kappa shape index (κ3) is 3.86. The number of esters is 1. The molecule has 0 saturated carbocycles. The van der Waals surface area contributed by atoms with Crippen LogP contribution in [0, 0.1) is 24.4 Å². The zero-order valence-electron chi connectivity index (χ0n) is 12.6. The topological polar surface area (TPSA) is 81.2 Å². The normalized spacial score (nSPS) is 11.7. The highest BCUT2D eigenvalue weighted by Gasteiger charge is 2.22. The summed E-state index contributed by atoms with van der Waals surface area (Å²) >= 11 is 0. The first-order valence-corrected chi connectivity index (χ1v) is 6.73.